The number of rotatable bonds is 11. The summed E-state index contributed by atoms with van der Waals surface area (Å²) >= 11 is 0. The highest BCUT2D eigenvalue weighted by Gasteiger charge is 2.21. The topological polar surface area (TPSA) is 51.0 Å². The summed E-state index contributed by atoms with van der Waals surface area (Å²) in [6.07, 6.45) is 14.3. The average molecular weight is 370 g/mol. The van der Waals surface area contributed by atoms with E-state index in [1.54, 1.807) is 0 Å². The van der Waals surface area contributed by atoms with Gasteiger partial charge in [0.05, 0.1) is 0 Å². The zero-order valence-electron chi connectivity index (χ0n) is 16.9. The molecule has 0 saturated carbocycles. The Hall–Kier alpha value is -1.68. The molecule has 0 unspecified atom stereocenters. The van der Waals surface area contributed by atoms with Gasteiger partial charge in [0.2, 0.25) is 11.7 Å². The van der Waals surface area contributed by atoms with E-state index >= 15 is 0 Å². The molecule has 1 fully saturated rings. The monoisotopic (exact) mass is 369 g/mol. The van der Waals surface area contributed by atoms with E-state index in [-0.39, 0.29) is 0 Å². The lowest BCUT2D eigenvalue weighted by Crippen LogP contribution is -2.26. The van der Waals surface area contributed by atoms with Crippen molar-refractivity contribution in [2.75, 3.05) is 13.1 Å². The molecule has 0 aliphatic carbocycles. The maximum atomic E-state index is 5.53. The second-order valence-electron chi connectivity index (χ2n) is 7.90. The van der Waals surface area contributed by atoms with Crippen molar-refractivity contribution in [3.8, 4) is 11.4 Å². The Labute approximate surface area is 164 Å². The Morgan fingerprint density at radius 3 is 2.30 bits per heavy atom. The molecule has 2 aromatic rings. The van der Waals surface area contributed by atoms with Gasteiger partial charge in [0, 0.05) is 11.5 Å². The Kier molecular flexibility index (Phi) is 8.34. The molecular weight excluding hydrogens is 334 g/mol. The van der Waals surface area contributed by atoms with Crippen molar-refractivity contribution in [1.82, 2.24) is 15.5 Å². The molecule has 2 heterocycles. The number of unbranched alkanes of at least 4 members (excludes halogenated alkanes) is 7. The molecule has 1 aliphatic heterocycles. The van der Waals surface area contributed by atoms with Gasteiger partial charge in [-0.1, -0.05) is 81.3 Å². The first-order valence-electron chi connectivity index (χ1n) is 11.0. The second kappa shape index (κ2) is 11.2. The largest absolute Gasteiger partial charge is 0.339 e. The van der Waals surface area contributed by atoms with Crippen LogP contribution < -0.4 is 5.32 Å². The predicted molar refractivity (Wildman–Crippen MR) is 111 cm³/mol. The fourth-order valence-corrected chi connectivity index (χ4v) is 3.87. The van der Waals surface area contributed by atoms with E-state index in [2.05, 4.69) is 46.6 Å². The lowest BCUT2D eigenvalue weighted by atomic mass is 9.98. The summed E-state index contributed by atoms with van der Waals surface area (Å²) in [5.41, 5.74) is 2.46. The third-order valence-electron chi connectivity index (χ3n) is 5.66. The molecule has 0 bridgehead atoms. The third kappa shape index (κ3) is 6.46. The van der Waals surface area contributed by atoms with Gasteiger partial charge in [-0.3, -0.25) is 0 Å². The van der Waals surface area contributed by atoms with E-state index in [1.807, 2.05) is 0 Å². The fourth-order valence-electron chi connectivity index (χ4n) is 3.87. The maximum absolute atomic E-state index is 5.53. The van der Waals surface area contributed by atoms with E-state index in [4.69, 9.17) is 4.52 Å². The van der Waals surface area contributed by atoms with Crippen LogP contribution in [0.1, 0.15) is 88.5 Å². The van der Waals surface area contributed by atoms with Gasteiger partial charge in [-0.2, -0.15) is 4.98 Å². The molecule has 1 N–H and O–H groups in total. The summed E-state index contributed by atoms with van der Waals surface area (Å²) in [5.74, 6) is 1.94. The molecule has 0 amide bonds. The van der Waals surface area contributed by atoms with Crippen LogP contribution in [0, 0.1) is 0 Å². The normalized spacial score (nSPS) is 15.3. The number of piperidine rings is 1. The highest BCUT2D eigenvalue weighted by molar-refractivity contribution is 5.54. The molecule has 27 heavy (non-hydrogen) atoms. The van der Waals surface area contributed by atoms with Crippen molar-refractivity contribution in [2.45, 2.75) is 83.5 Å². The van der Waals surface area contributed by atoms with Gasteiger partial charge in [0.15, 0.2) is 0 Å². The van der Waals surface area contributed by atoms with Gasteiger partial charge in [0.1, 0.15) is 0 Å². The zero-order chi connectivity index (χ0) is 18.7. The summed E-state index contributed by atoms with van der Waals surface area (Å²) in [5, 5.41) is 7.58. The smallest absolute Gasteiger partial charge is 0.230 e. The molecule has 1 aromatic carbocycles. The van der Waals surface area contributed by atoms with Crippen LogP contribution in [0.3, 0.4) is 0 Å². The molecule has 3 rings (SSSR count). The van der Waals surface area contributed by atoms with Crippen molar-refractivity contribution in [2.24, 2.45) is 0 Å². The standard InChI is InChI=1S/C23H35N3O/c1-2-3-4-5-6-7-8-9-10-19-11-13-20(14-12-19)22-25-23(27-26-22)21-15-17-24-18-16-21/h11-14,21,24H,2-10,15-18H2,1H3. The van der Waals surface area contributed by atoms with Crippen LogP contribution in [0.4, 0.5) is 0 Å². The SMILES string of the molecule is CCCCCCCCCCc1ccc(-c2noc(C3CCNCC3)n2)cc1. The lowest BCUT2D eigenvalue weighted by molar-refractivity contribution is 0.320. The molecule has 1 saturated heterocycles. The lowest BCUT2D eigenvalue weighted by Gasteiger charge is -2.18. The minimum atomic E-state index is 0.411. The van der Waals surface area contributed by atoms with Crippen LogP contribution in [-0.4, -0.2) is 23.2 Å². The van der Waals surface area contributed by atoms with E-state index in [0.29, 0.717) is 5.92 Å². The van der Waals surface area contributed by atoms with E-state index in [9.17, 15) is 0 Å². The molecule has 0 radical (unpaired) electrons. The van der Waals surface area contributed by atoms with Gasteiger partial charge < -0.3 is 9.84 Å². The number of aryl methyl sites for hydroxylation is 1. The molecular formula is C23H35N3O. The van der Waals surface area contributed by atoms with Crippen LogP contribution >= 0.6 is 0 Å². The summed E-state index contributed by atoms with van der Waals surface area (Å²) in [7, 11) is 0. The first-order chi connectivity index (χ1) is 13.4. The Morgan fingerprint density at radius 1 is 0.926 bits per heavy atom. The molecule has 0 atom stereocenters. The molecule has 4 heteroatoms. The summed E-state index contributed by atoms with van der Waals surface area (Å²) < 4.78 is 5.53. The van der Waals surface area contributed by atoms with Crippen LogP contribution in [0.2, 0.25) is 0 Å². The van der Waals surface area contributed by atoms with E-state index in [0.717, 1.165) is 43.2 Å². The Morgan fingerprint density at radius 2 is 1.59 bits per heavy atom. The van der Waals surface area contributed by atoms with Gasteiger partial charge in [-0.25, -0.2) is 0 Å². The Balaban J connectivity index is 1.40. The van der Waals surface area contributed by atoms with Crippen molar-refractivity contribution in [1.29, 1.82) is 0 Å². The van der Waals surface area contributed by atoms with Gasteiger partial charge in [-0.05, 0) is 44.3 Å². The molecule has 1 aliphatic rings. The maximum Gasteiger partial charge on any atom is 0.230 e. The Bertz CT molecular complexity index is 644. The van der Waals surface area contributed by atoms with Crippen LogP contribution in [0.25, 0.3) is 11.4 Å². The first kappa shape index (κ1) is 20.1. The van der Waals surface area contributed by atoms with Crippen molar-refractivity contribution >= 4 is 0 Å². The summed E-state index contributed by atoms with van der Waals surface area (Å²) in [6.45, 7) is 4.35. The zero-order valence-corrected chi connectivity index (χ0v) is 16.9. The highest BCUT2D eigenvalue weighted by atomic mass is 16.5. The van der Waals surface area contributed by atoms with Gasteiger partial charge in [-0.15, -0.1) is 0 Å². The summed E-state index contributed by atoms with van der Waals surface area (Å²) in [6, 6.07) is 8.71. The molecule has 1 aromatic heterocycles. The number of nitrogens with one attached hydrogen (secondary N) is 1. The molecule has 0 spiro atoms. The third-order valence-corrected chi connectivity index (χ3v) is 5.66. The fraction of sp³-hybridized carbons (Fsp3) is 0.652. The highest BCUT2D eigenvalue weighted by Crippen LogP contribution is 2.26. The average Bonchev–Trinajstić information content (AvgIpc) is 3.21. The molecule has 148 valence electrons. The van der Waals surface area contributed by atoms with Gasteiger partial charge in [0.25, 0.3) is 0 Å². The second-order valence-corrected chi connectivity index (χ2v) is 7.90. The predicted octanol–water partition coefficient (Wildman–Crippen LogP) is 5.89. The number of hydrogen-bond donors (Lipinski definition) is 1. The van der Waals surface area contributed by atoms with Crippen LogP contribution in [0.15, 0.2) is 28.8 Å². The first-order valence-corrected chi connectivity index (χ1v) is 11.0. The van der Waals surface area contributed by atoms with Crippen molar-refractivity contribution in [3.05, 3.63) is 35.7 Å². The van der Waals surface area contributed by atoms with Crippen molar-refractivity contribution in [3.63, 3.8) is 0 Å². The number of hydrogen-bond acceptors (Lipinski definition) is 4. The minimum absolute atomic E-state index is 0.411. The van der Waals surface area contributed by atoms with Gasteiger partial charge >= 0.3 is 0 Å². The quantitative estimate of drug-likeness (QED) is 0.502. The number of benzene rings is 1. The number of aromatic nitrogens is 2. The van der Waals surface area contributed by atoms with Crippen molar-refractivity contribution < 1.29 is 4.52 Å². The number of nitrogens with zero attached hydrogens (tertiary/aromatic N) is 2. The summed E-state index contributed by atoms with van der Waals surface area (Å²) in [4.78, 5) is 4.65. The van der Waals surface area contributed by atoms with E-state index < -0.39 is 0 Å². The molecule has 4 nitrogen and oxygen atoms in total. The minimum Gasteiger partial charge on any atom is -0.339 e. The van der Waals surface area contributed by atoms with Crippen LogP contribution in [0.5, 0.6) is 0 Å². The van der Waals surface area contributed by atoms with Crippen LogP contribution in [-0.2, 0) is 6.42 Å². The van der Waals surface area contributed by atoms with E-state index in [1.165, 1.54) is 63.4 Å².